The van der Waals surface area contributed by atoms with Crippen molar-refractivity contribution in [3.63, 3.8) is 0 Å². The molecule has 0 aliphatic heterocycles. The van der Waals surface area contributed by atoms with Crippen LogP contribution in [0.4, 0.5) is 5.69 Å². The number of anilines is 1. The van der Waals surface area contributed by atoms with Crippen molar-refractivity contribution in [3.8, 4) is 11.3 Å². The fraction of sp³-hybridized carbons (Fsp3) is 0.154. The maximum Gasteiger partial charge on any atom is 0.243 e. The standard InChI is InChI=1S/C13H14N4O2/c1-9(18)14-8-13(19)16-11-4-2-3-10(7-11)12-5-6-15-17-12/h2-7H,8H2,1H3,(H,14,18)(H,15,17)(H,16,19). The molecule has 98 valence electrons. The fourth-order valence-electron chi connectivity index (χ4n) is 1.59. The number of nitrogens with one attached hydrogen (secondary N) is 3. The van der Waals surface area contributed by atoms with Gasteiger partial charge >= 0.3 is 0 Å². The van der Waals surface area contributed by atoms with Gasteiger partial charge in [0.2, 0.25) is 11.8 Å². The van der Waals surface area contributed by atoms with Gasteiger partial charge in [0.1, 0.15) is 0 Å². The number of carbonyl (C=O) groups is 2. The van der Waals surface area contributed by atoms with E-state index in [1.54, 1.807) is 12.3 Å². The molecule has 2 rings (SSSR count). The van der Waals surface area contributed by atoms with Gasteiger partial charge in [-0.25, -0.2) is 0 Å². The summed E-state index contributed by atoms with van der Waals surface area (Å²) in [6, 6.07) is 9.21. The first-order valence-electron chi connectivity index (χ1n) is 5.79. The molecule has 1 aromatic carbocycles. The third kappa shape index (κ3) is 3.67. The summed E-state index contributed by atoms with van der Waals surface area (Å²) in [7, 11) is 0. The summed E-state index contributed by atoms with van der Waals surface area (Å²) < 4.78 is 0. The normalized spacial score (nSPS) is 9.95. The first-order chi connectivity index (χ1) is 9.15. The van der Waals surface area contributed by atoms with E-state index in [1.165, 1.54) is 6.92 Å². The summed E-state index contributed by atoms with van der Waals surface area (Å²) in [5.74, 6) is -0.502. The Bertz CT molecular complexity index is 578. The van der Waals surface area contributed by atoms with Crippen molar-refractivity contribution in [2.45, 2.75) is 6.92 Å². The van der Waals surface area contributed by atoms with Crippen molar-refractivity contribution in [1.82, 2.24) is 15.5 Å². The summed E-state index contributed by atoms with van der Waals surface area (Å²) in [5.41, 5.74) is 2.47. The molecule has 2 aromatic rings. The topological polar surface area (TPSA) is 86.9 Å². The minimum absolute atomic E-state index is 0.0381. The SMILES string of the molecule is CC(=O)NCC(=O)Nc1cccc(-c2ccn[nH]2)c1. The Kier molecular flexibility index (Phi) is 3.92. The van der Waals surface area contributed by atoms with E-state index in [0.717, 1.165) is 11.3 Å². The lowest BCUT2D eigenvalue weighted by Crippen LogP contribution is -2.31. The van der Waals surface area contributed by atoms with E-state index < -0.39 is 0 Å². The molecule has 0 saturated heterocycles. The number of aromatic nitrogens is 2. The molecule has 0 bridgehead atoms. The van der Waals surface area contributed by atoms with Gasteiger partial charge in [-0.15, -0.1) is 0 Å². The van der Waals surface area contributed by atoms with Gasteiger partial charge in [0, 0.05) is 24.4 Å². The lowest BCUT2D eigenvalue weighted by molar-refractivity contribution is -0.122. The Balaban J connectivity index is 2.03. The molecule has 0 atom stereocenters. The highest BCUT2D eigenvalue weighted by molar-refractivity contribution is 5.94. The molecule has 0 saturated carbocycles. The highest BCUT2D eigenvalue weighted by Gasteiger charge is 2.05. The Morgan fingerprint density at radius 2 is 2.16 bits per heavy atom. The van der Waals surface area contributed by atoms with Crippen LogP contribution in [-0.4, -0.2) is 28.6 Å². The van der Waals surface area contributed by atoms with Crippen molar-refractivity contribution in [3.05, 3.63) is 36.5 Å². The molecule has 0 unspecified atom stereocenters. The lowest BCUT2D eigenvalue weighted by Gasteiger charge is -2.07. The zero-order valence-electron chi connectivity index (χ0n) is 10.4. The molecule has 0 aliphatic rings. The molecule has 3 N–H and O–H groups in total. The van der Waals surface area contributed by atoms with Gasteiger partial charge in [-0.3, -0.25) is 14.7 Å². The van der Waals surface area contributed by atoms with E-state index in [1.807, 2.05) is 24.3 Å². The zero-order chi connectivity index (χ0) is 13.7. The van der Waals surface area contributed by atoms with Crippen LogP contribution in [0, 0.1) is 0 Å². The average Bonchev–Trinajstić information content (AvgIpc) is 2.90. The van der Waals surface area contributed by atoms with Crippen LogP contribution >= 0.6 is 0 Å². The van der Waals surface area contributed by atoms with Crippen molar-refractivity contribution in [2.75, 3.05) is 11.9 Å². The van der Waals surface area contributed by atoms with Gasteiger partial charge < -0.3 is 10.6 Å². The highest BCUT2D eigenvalue weighted by Crippen LogP contribution is 2.20. The van der Waals surface area contributed by atoms with Crippen LogP contribution in [-0.2, 0) is 9.59 Å². The van der Waals surface area contributed by atoms with Crippen LogP contribution in [0.15, 0.2) is 36.5 Å². The monoisotopic (exact) mass is 258 g/mol. The Morgan fingerprint density at radius 3 is 2.84 bits per heavy atom. The van der Waals surface area contributed by atoms with Gasteiger partial charge in [0.05, 0.1) is 12.2 Å². The molecule has 0 aliphatic carbocycles. The van der Waals surface area contributed by atoms with Crippen molar-refractivity contribution < 1.29 is 9.59 Å². The van der Waals surface area contributed by atoms with Gasteiger partial charge in [-0.1, -0.05) is 12.1 Å². The molecular weight excluding hydrogens is 244 g/mol. The molecule has 0 spiro atoms. The highest BCUT2D eigenvalue weighted by atomic mass is 16.2. The van der Waals surface area contributed by atoms with Gasteiger partial charge in [0.15, 0.2) is 0 Å². The molecule has 0 fully saturated rings. The van der Waals surface area contributed by atoms with E-state index in [0.29, 0.717) is 5.69 Å². The van der Waals surface area contributed by atoms with E-state index in [9.17, 15) is 9.59 Å². The zero-order valence-corrected chi connectivity index (χ0v) is 10.4. The largest absolute Gasteiger partial charge is 0.347 e. The van der Waals surface area contributed by atoms with Crippen LogP contribution in [0.1, 0.15) is 6.92 Å². The second kappa shape index (κ2) is 5.81. The summed E-state index contributed by atoms with van der Waals surface area (Å²) in [6.07, 6.45) is 1.66. The molecular formula is C13H14N4O2. The molecule has 1 aromatic heterocycles. The number of hydrogen-bond acceptors (Lipinski definition) is 3. The Hall–Kier alpha value is -2.63. The number of rotatable bonds is 4. The van der Waals surface area contributed by atoms with E-state index in [-0.39, 0.29) is 18.4 Å². The first-order valence-corrected chi connectivity index (χ1v) is 5.79. The lowest BCUT2D eigenvalue weighted by atomic mass is 10.1. The summed E-state index contributed by atoms with van der Waals surface area (Å²) in [4.78, 5) is 22.3. The number of hydrogen-bond donors (Lipinski definition) is 3. The smallest absolute Gasteiger partial charge is 0.243 e. The van der Waals surface area contributed by atoms with Crippen molar-refractivity contribution >= 4 is 17.5 Å². The third-order valence-corrected chi connectivity index (χ3v) is 2.46. The van der Waals surface area contributed by atoms with Crippen molar-refractivity contribution in [1.29, 1.82) is 0 Å². The predicted molar refractivity (Wildman–Crippen MR) is 71.3 cm³/mol. The molecule has 6 nitrogen and oxygen atoms in total. The molecule has 1 heterocycles. The van der Waals surface area contributed by atoms with Crippen LogP contribution in [0.3, 0.4) is 0 Å². The number of carbonyl (C=O) groups excluding carboxylic acids is 2. The number of nitrogens with zero attached hydrogens (tertiary/aromatic N) is 1. The van der Waals surface area contributed by atoms with Crippen LogP contribution in [0.2, 0.25) is 0 Å². The van der Waals surface area contributed by atoms with E-state index in [4.69, 9.17) is 0 Å². The summed E-state index contributed by atoms with van der Waals surface area (Å²) in [6.45, 7) is 1.33. The molecule has 0 radical (unpaired) electrons. The first kappa shape index (κ1) is 12.8. The second-order valence-corrected chi connectivity index (χ2v) is 4.01. The quantitative estimate of drug-likeness (QED) is 0.768. The third-order valence-electron chi connectivity index (χ3n) is 2.46. The maximum absolute atomic E-state index is 11.6. The van der Waals surface area contributed by atoms with Gasteiger partial charge in [-0.05, 0) is 18.2 Å². The van der Waals surface area contributed by atoms with Crippen LogP contribution in [0.5, 0.6) is 0 Å². The second-order valence-electron chi connectivity index (χ2n) is 4.01. The molecule has 2 amide bonds. The van der Waals surface area contributed by atoms with Crippen LogP contribution < -0.4 is 10.6 Å². The number of benzene rings is 1. The fourth-order valence-corrected chi connectivity index (χ4v) is 1.59. The van der Waals surface area contributed by atoms with E-state index >= 15 is 0 Å². The number of aromatic amines is 1. The van der Waals surface area contributed by atoms with E-state index in [2.05, 4.69) is 20.8 Å². The Labute approximate surface area is 110 Å². The maximum atomic E-state index is 11.6. The average molecular weight is 258 g/mol. The summed E-state index contributed by atoms with van der Waals surface area (Å²) >= 11 is 0. The predicted octanol–water partition coefficient (Wildman–Crippen LogP) is 1.15. The van der Waals surface area contributed by atoms with Crippen LogP contribution in [0.25, 0.3) is 11.3 Å². The van der Waals surface area contributed by atoms with Gasteiger partial charge in [0.25, 0.3) is 0 Å². The number of amides is 2. The van der Waals surface area contributed by atoms with Gasteiger partial charge in [-0.2, -0.15) is 5.10 Å². The number of H-pyrrole nitrogens is 1. The molecule has 6 heteroatoms. The minimum atomic E-state index is -0.267. The minimum Gasteiger partial charge on any atom is -0.347 e. The Morgan fingerprint density at radius 1 is 1.32 bits per heavy atom. The molecule has 19 heavy (non-hydrogen) atoms. The van der Waals surface area contributed by atoms with Crippen molar-refractivity contribution in [2.24, 2.45) is 0 Å². The summed E-state index contributed by atoms with van der Waals surface area (Å²) in [5, 5.41) is 11.9.